The molecule has 0 N–H and O–H groups in total. The summed E-state index contributed by atoms with van der Waals surface area (Å²) >= 11 is 0. The van der Waals surface area contributed by atoms with Gasteiger partial charge in [0, 0.05) is 0 Å². The van der Waals surface area contributed by atoms with Crippen LogP contribution in [0.3, 0.4) is 0 Å². The van der Waals surface area contributed by atoms with Gasteiger partial charge in [-0.15, -0.1) is 0 Å². The second-order valence-electron chi connectivity index (χ2n) is 12.2. The van der Waals surface area contributed by atoms with Gasteiger partial charge in [0.25, 0.3) is 0 Å². The molecule has 47 heavy (non-hydrogen) atoms. The Bertz CT molecular complexity index is 1310. The fourth-order valence-corrected chi connectivity index (χ4v) is 5.93. The van der Waals surface area contributed by atoms with Gasteiger partial charge in [0.1, 0.15) is 0 Å². The van der Waals surface area contributed by atoms with Gasteiger partial charge < -0.3 is 35.5 Å². The van der Waals surface area contributed by atoms with Crippen LogP contribution in [-0.4, -0.2) is 23.1 Å². The molecule has 0 bridgehead atoms. The molecule has 4 rings (SSSR count). The number of unbranched alkanes of at least 4 members (excludes halogenated alkanes) is 6. The summed E-state index contributed by atoms with van der Waals surface area (Å²) in [6.07, 6.45) is 9.95. The van der Waals surface area contributed by atoms with E-state index in [-0.39, 0.29) is 40.7 Å². The van der Waals surface area contributed by atoms with Gasteiger partial charge in [0.15, 0.2) is 0 Å². The second-order valence-corrected chi connectivity index (χ2v) is 12.2. The number of rotatable bonds is 14. The number of hydrogen-bond donors (Lipinski definition) is 0. The molecule has 2 aromatic heterocycles. The van der Waals surface area contributed by atoms with Gasteiger partial charge in [-0.05, 0) is 86.3 Å². The molecule has 4 aromatic rings. The zero-order chi connectivity index (χ0) is 31.9. The molecule has 0 aliphatic heterocycles. The predicted octanol–water partition coefficient (Wildman–Crippen LogP) is 13.4. The minimum atomic E-state index is 0. The first-order chi connectivity index (χ1) is 21.2. The van der Waals surface area contributed by atoms with E-state index in [1.54, 1.807) is 0 Å². The largest absolute Gasteiger partial charge is 4.00 e. The molecule has 0 fully saturated rings. The first kappa shape index (κ1) is 44.2. The van der Waals surface area contributed by atoms with Crippen LogP contribution in [0.15, 0.2) is 60.7 Å². The molecule has 0 atom stereocenters. The van der Waals surface area contributed by atoms with Crippen molar-refractivity contribution in [1.82, 2.24) is 9.97 Å². The summed E-state index contributed by atoms with van der Waals surface area (Å²) < 4.78 is 0. The summed E-state index contributed by atoms with van der Waals surface area (Å²) in [4.78, 5) is 9.49. The summed E-state index contributed by atoms with van der Waals surface area (Å²) in [6.45, 7) is 19.1. The van der Waals surface area contributed by atoms with Crippen LogP contribution in [-0.2, 0) is 25.8 Å². The summed E-state index contributed by atoms with van der Waals surface area (Å²) in [5.41, 5.74) is 12.3. The minimum absolute atomic E-state index is 0. The van der Waals surface area contributed by atoms with E-state index in [0.717, 1.165) is 49.0 Å². The quantitative estimate of drug-likeness (QED) is 0.0725. The van der Waals surface area contributed by atoms with E-state index >= 15 is 0 Å². The molecule has 252 valence electrons. The van der Waals surface area contributed by atoms with Gasteiger partial charge in [-0.3, -0.25) is 0 Å². The van der Waals surface area contributed by atoms with Crippen molar-refractivity contribution in [3.05, 3.63) is 120 Å². The fraction of sp³-hybridized carbons (Fsp3) is 0.429. The van der Waals surface area contributed by atoms with Crippen molar-refractivity contribution in [3.8, 4) is 22.5 Å². The minimum Gasteiger partial charge on any atom is -0.466 e. The first-order valence-corrected chi connectivity index (χ1v) is 16.7. The molecular weight excluding hydrogens is 739 g/mol. The number of nitrogens with zero attached hydrogens (tertiary/aromatic N) is 4. The van der Waals surface area contributed by atoms with Crippen molar-refractivity contribution in [2.75, 3.05) is 13.1 Å². The number of hydrogen-bond acceptors (Lipinski definition) is 2. The van der Waals surface area contributed by atoms with E-state index in [0.29, 0.717) is 0 Å². The van der Waals surface area contributed by atoms with Crippen molar-refractivity contribution in [3.63, 3.8) is 0 Å². The van der Waals surface area contributed by atoms with Crippen molar-refractivity contribution in [2.24, 2.45) is 0 Å². The zero-order valence-electron chi connectivity index (χ0n) is 31.1. The van der Waals surface area contributed by atoms with Crippen LogP contribution in [0.5, 0.6) is 0 Å². The number of aromatic nitrogens is 2. The van der Waals surface area contributed by atoms with Gasteiger partial charge in [0.2, 0.25) is 0 Å². The Hall–Kier alpha value is -2.79. The van der Waals surface area contributed by atoms with Crippen molar-refractivity contribution >= 4 is 11.6 Å². The first-order valence-electron chi connectivity index (χ1n) is 16.7. The van der Waals surface area contributed by atoms with Crippen molar-refractivity contribution in [2.45, 2.75) is 107 Å². The summed E-state index contributed by atoms with van der Waals surface area (Å²) in [6, 6.07) is 21.2. The average molecular weight is 799 g/mol. The maximum Gasteiger partial charge on any atom is 4.00 e. The van der Waals surface area contributed by atoms with Crippen molar-refractivity contribution < 1.29 is 25.8 Å². The van der Waals surface area contributed by atoms with E-state index < -0.39 is 0 Å². The topological polar surface area (TPSA) is 54.0 Å². The van der Waals surface area contributed by atoms with E-state index in [4.69, 9.17) is 9.97 Å². The molecule has 2 aromatic carbocycles. The van der Waals surface area contributed by atoms with E-state index in [1.165, 1.54) is 83.0 Å². The SMILES string of the molecule is CCCCCC[N-]c1cccc(-c2c(C)cc(C)cc2C)n1.CCCCCC[N-]c1cccc(-c2c(C)cc(C)cc2C)n1.[CH3-].[CH3-].[Hf+4]. The van der Waals surface area contributed by atoms with Crippen LogP contribution >= 0.6 is 0 Å². The molecule has 4 nitrogen and oxygen atoms in total. The smallest absolute Gasteiger partial charge is 0.466 e. The normalized spacial score (nSPS) is 10.0. The second kappa shape index (κ2) is 23.5. The number of benzene rings is 2. The van der Waals surface area contributed by atoms with Gasteiger partial charge in [-0.1, -0.05) is 162 Å². The molecule has 0 aliphatic carbocycles. The Kier molecular flexibility index (Phi) is 22.1. The zero-order valence-corrected chi connectivity index (χ0v) is 34.7. The molecule has 0 spiro atoms. The molecule has 0 unspecified atom stereocenters. The Morgan fingerprint density at radius 3 is 1.15 bits per heavy atom. The molecule has 0 radical (unpaired) electrons. The standard InChI is InChI=1S/2C20H27N2.2CH3.Hf/c2*1-5-6-7-8-12-21-19-11-9-10-18(22-19)20-16(3)13-15(2)14-17(20)4;;;/h2*9-11,13-14H,5-8,12H2,1-4H3;2*1H3;/q4*-1;+4. The third-order valence-electron chi connectivity index (χ3n) is 7.91. The van der Waals surface area contributed by atoms with Gasteiger partial charge in [-0.25, -0.2) is 0 Å². The number of pyridine rings is 2. The van der Waals surface area contributed by atoms with Crippen LogP contribution in [0.4, 0.5) is 11.6 Å². The van der Waals surface area contributed by atoms with E-state index in [2.05, 4.69) is 115 Å². The predicted molar refractivity (Wildman–Crippen MR) is 205 cm³/mol. The fourth-order valence-electron chi connectivity index (χ4n) is 5.93. The van der Waals surface area contributed by atoms with Gasteiger partial charge >= 0.3 is 25.8 Å². The third kappa shape index (κ3) is 14.5. The molecular formula is C42H60HfN4. The van der Waals surface area contributed by atoms with Crippen LogP contribution in [0, 0.1) is 56.4 Å². The van der Waals surface area contributed by atoms with Gasteiger partial charge in [0.05, 0.1) is 0 Å². The molecule has 0 aliphatic rings. The average Bonchev–Trinajstić information content (AvgIpc) is 2.97. The number of aryl methyl sites for hydroxylation is 6. The Morgan fingerprint density at radius 2 is 0.830 bits per heavy atom. The Balaban J connectivity index is 0.000000846. The van der Waals surface area contributed by atoms with Crippen molar-refractivity contribution in [1.29, 1.82) is 0 Å². The molecule has 5 heteroatoms. The Labute approximate surface area is 307 Å². The van der Waals surface area contributed by atoms with Crippen LogP contribution in [0.2, 0.25) is 0 Å². The molecule has 0 saturated heterocycles. The summed E-state index contributed by atoms with van der Waals surface area (Å²) in [7, 11) is 0. The van der Waals surface area contributed by atoms with Crippen LogP contribution < -0.4 is 0 Å². The summed E-state index contributed by atoms with van der Waals surface area (Å²) in [5.74, 6) is 1.71. The van der Waals surface area contributed by atoms with Crippen LogP contribution in [0.1, 0.15) is 98.6 Å². The van der Waals surface area contributed by atoms with Crippen LogP contribution in [0.25, 0.3) is 33.1 Å². The Morgan fingerprint density at radius 1 is 0.489 bits per heavy atom. The maximum atomic E-state index is 4.75. The molecule has 2 heterocycles. The molecule has 0 saturated carbocycles. The van der Waals surface area contributed by atoms with E-state index in [1.807, 2.05) is 12.1 Å². The summed E-state index contributed by atoms with van der Waals surface area (Å²) in [5, 5.41) is 9.26. The maximum absolute atomic E-state index is 4.75. The third-order valence-corrected chi connectivity index (χ3v) is 7.91. The van der Waals surface area contributed by atoms with Gasteiger partial charge in [-0.2, -0.15) is 0 Å². The van der Waals surface area contributed by atoms with E-state index in [9.17, 15) is 0 Å². The monoisotopic (exact) mass is 800 g/mol. The molecule has 0 amide bonds.